The average molecular weight is 384 g/mol. The second-order valence-electron chi connectivity index (χ2n) is 7.71. The van der Waals surface area contributed by atoms with Gasteiger partial charge in [-0.15, -0.1) is 0 Å². The van der Waals surface area contributed by atoms with Crippen LogP contribution in [-0.2, 0) is 17.6 Å². The smallest absolute Gasteiger partial charge is 0.252 e. The van der Waals surface area contributed by atoms with E-state index in [-0.39, 0.29) is 18.2 Å². The van der Waals surface area contributed by atoms with E-state index in [0.29, 0.717) is 30.6 Å². The van der Waals surface area contributed by atoms with E-state index in [1.54, 1.807) is 4.90 Å². The van der Waals surface area contributed by atoms with Crippen LogP contribution in [0.2, 0.25) is 0 Å². The third-order valence-electron chi connectivity index (χ3n) is 5.83. The Hall–Kier alpha value is -2.76. The van der Waals surface area contributed by atoms with Crippen molar-refractivity contribution in [1.82, 2.24) is 10.2 Å². The van der Waals surface area contributed by atoms with Crippen LogP contribution >= 0.6 is 0 Å². The van der Waals surface area contributed by atoms with Gasteiger partial charge in [-0.3, -0.25) is 9.59 Å². The highest BCUT2D eigenvalue weighted by molar-refractivity contribution is 5.96. The van der Waals surface area contributed by atoms with Crippen molar-refractivity contribution >= 4 is 11.8 Å². The van der Waals surface area contributed by atoms with Gasteiger partial charge < -0.3 is 10.2 Å². The number of hydrogen-bond acceptors (Lipinski definition) is 2. The molecule has 1 fully saturated rings. The zero-order valence-electron chi connectivity index (χ0n) is 15.5. The van der Waals surface area contributed by atoms with E-state index in [9.17, 15) is 18.4 Å². The number of fused-ring (bicyclic) bond motifs is 1. The Morgan fingerprint density at radius 1 is 1.11 bits per heavy atom. The summed E-state index contributed by atoms with van der Waals surface area (Å²) in [5, 5.41) is 3.16. The summed E-state index contributed by atoms with van der Waals surface area (Å²) in [7, 11) is 0. The zero-order valence-corrected chi connectivity index (χ0v) is 15.5. The lowest BCUT2D eigenvalue weighted by Gasteiger charge is -2.29. The Morgan fingerprint density at radius 2 is 1.93 bits per heavy atom. The molecule has 1 spiro atoms. The summed E-state index contributed by atoms with van der Waals surface area (Å²) in [5.74, 6) is -1.89. The maximum atomic E-state index is 13.3. The molecule has 0 unspecified atom stereocenters. The summed E-state index contributed by atoms with van der Waals surface area (Å²) in [6.07, 6.45) is 2.91. The first-order valence-electron chi connectivity index (χ1n) is 9.58. The lowest BCUT2D eigenvalue weighted by atomic mass is 9.91. The Bertz CT molecular complexity index is 931. The van der Waals surface area contributed by atoms with Crippen LogP contribution in [0, 0.1) is 11.6 Å². The Labute approximate surface area is 162 Å². The van der Waals surface area contributed by atoms with Crippen LogP contribution in [0.1, 0.15) is 40.7 Å². The van der Waals surface area contributed by atoms with Crippen LogP contribution < -0.4 is 5.32 Å². The third-order valence-corrected chi connectivity index (χ3v) is 5.83. The predicted octanol–water partition coefficient (Wildman–Crippen LogP) is 3.24. The molecule has 0 bridgehead atoms. The highest BCUT2D eigenvalue weighted by atomic mass is 19.2. The van der Waals surface area contributed by atoms with Crippen LogP contribution in [-0.4, -0.2) is 35.3 Å². The molecule has 2 aromatic carbocycles. The first-order valence-corrected chi connectivity index (χ1v) is 9.58. The van der Waals surface area contributed by atoms with Gasteiger partial charge in [-0.25, -0.2) is 8.78 Å². The lowest BCUT2D eigenvalue weighted by Crippen LogP contribution is -2.50. The number of benzene rings is 2. The van der Waals surface area contributed by atoms with E-state index in [4.69, 9.17) is 0 Å². The maximum absolute atomic E-state index is 13.3. The number of hydrogen-bond donors (Lipinski definition) is 1. The highest BCUT2D eigenvalue weighted by Gasteiger charge is 2.42. The largest absolute Gasteiger partial charge is 0.345 e. The number of nitrogens with one attached hydrogen (secondary N) is 1. The number of carbonyl (C=O) groups is 2. The number of likely N-dealkylation sites (tertiary alicyclic amines) is 1. The Morgan fingerprint density at radius 3 is 2.75 bits per heavy atom. The molecule has 0 aliphatic carbocycles. The van der Waals surface area contributed by atoms with Crippen molar-refractivity contribution in [2.45, 2.75) is 37.6 Å². The minimum Gasteiger partial charge on any atom is -0.345 e. The van der Waals surface area contributed by atoms with Crippen molar-refractivity contribution in [3.05, 3.63) is 70.8 Å². The standard InChI is InChI=1S/C22H22F2N2O2/c23-18-7-5-15(13-19(18)24)6-8-20(27)26-12-11-22(14-26)10-9-16-3-1-2-4-17(16)21(28)25-22/h1-5,7,13H,6,8-12,14H2,(H,25,28)/t22-/m0/s1. The number of amides is 2. The molecular formula is C22H22F2N2O2. The van der Waals surface area contributed by atoms with E-state index >= 15 is 0 Å². The molecule has 1 N–H and O–H groups in total. The van der Waals surface area contributed by atoms with Gasteiger partial charge in [0.25, 0.3) is 5.91 Å². The fourth-order valence-electron chi connectivity index (χ4n) is 4.20. The van der Waals surface area contributed by atoms with Gasteiger partial charge in [-0.05, 0) is 55.0 Å². The van der Waals surface area contributed by atoms with Crippen molar-refractivity contribution in [1.29, 1.82) is 0 Å². The minimum atomic E-state index is -0.897. The molecule has 1 atom stereocenters. The van der Waals surface area contributed by atoms with Gasteiger partial charge in [0.1, 0.15) is 0 Å². The normalized spacial score (nSPS) is 21.4. The monoisotopic (exact) mass is 384 g/mol. The SMILES string of the molecule is O=C1N[C@@]2(CCc3ccccc31)CCN(C(=O)CCc1ccc(F)c(F)c1)C2. The molecule has 146 valence electrons. The second kappa shape index (κ2) is 7.34. The van der Waals surface area contributed by atoms with E-state index in [0.717, 1.165) is 37.0 Å². The molecule has 0 radical (unpaired) electrons. The molecule has 2 aliphatic heterocycles. The van der Waals surface area contributed by atoms with Gasteiger partial charge in [0.15, 0.2) is 11.6 Å². The quantitative estimate of drug-likeness (QED) is 0.883. The van der Waals surface area contributed by atoms with E-state index in [1.165, 1.54) is 6.07 Å². The fraction of sp³-hybridized carbons (Fsp3) is 0.364. The summed E-state index contributed by atoms with van der Waals surface area (Å²) >= 11 is 0. The number of aryl methyl sites for hydroxylation is 2. The molecule has 0 aromatic heterocycles. The molecular weight excluding hydrogens is 362 g/mol. The van der Waals surface area contributed by atoms with E-state index in [2.05, 4.69) is 5.32 Å². The third kappa shape index (κ3) is 3.63. The summed E-state index contributed by atoms with van der Waals surface area (Å²) in [5.41, 5.74) is 1.95. The number of halogens is 2. The highest BCUT2D eigenvalue weighted by Crippen LogP contribution is 2.31. The number of carbonyl (C=O) groups excluding carboxylic acids is 2. The average Bonchev–Trinajstić information content (AvgIpc) is 3.05. The van der Waals surface area contributed by atoms with Crippen LogP contribution in [0.3, 0.4) is 0 Å². The van der Waals surface area contributed by atoms with Crippen LogP contribution in [0.5, 0.6) is 0 Å². The first-order chi connectivity index (χ1) is 13.5. The van der Waals surface area contributed by atoms with Crippen LogP contribution in [0.25, 0.3) is 0 Å². The predicted molar refractivity (Wildman–Crippen MR) is 101 cm³/mol. The van der Waals surface area contributed by atoms with Gasteiger partial charge >= 0.3 is 0 Å². The van der Waals surface area contributed by atoms with Gasteiger partial charge in [-0.2, -0.15) is 0 Å². The molecule has 4 nitrogen and oxygen atoms in total. The molecule has 28 heavy (non-hydrogen) atoms. The van der Waals surface area contributed by atoms with E-state index < -0.39 is 17.2 Å². The van der Waals surface area contributed by atoms with Gasteiger partial charge in [0.2, 0.25) is 5.91 Å². The second-order valence-corrected chi connectivity index (χ2v) is 7.71. The Balaban J connectivity index is 1.39. The first kappa shape index (κ1) is 18.6. The van der Waals surface area contributed by atoms with Crippen molar-refractivity contribution in [2.75, 3.05) is 13.1 Å². The maximum Gasteiger partial charge on any atom is 0.252 e. The van der Waals surface area contributed by atoms with Gasteiger partial charge in [0.05, 0.1) is 5.54 Å². The molecule has 0 saturated carbocycles. The van der Waals surface area contributed by atoms with Crippen LogP contribution in [0.15, 0.2) is 42.5 Å². The van der Waals surface area contributed by atoms with Crippen molar-refractivity contribution in [2.24, 2.45) is 0 Å². The van der Waals surface area contributed by atoms with Gasteiger partial charge in [-0.1, -0.05) is 24.3 Å². The molecule has 2 heterocycles. The molecule has 4 rings (SSSR count). The van der Waals surface area contributed by atoms with Crippen LogP contribution in [0.4, 0.5) is 8.78 Å². The molecule has 1 saturated heterocycles. The molecule has 2 aromatic rings. The van der Waals surface area contributed by atoms with Crippen molar-refractivity contribution in [3.8, 4) is 0 Å². The summed E-state index contributed by atoms with van der Waals surface area (Å²) < 4.78 is 26.3. The zero-order chi connectivity index (χ0) is 19.7. The molecule has 2 aliphatic rings. The summed E-state index contributed by atoms with van der Waals surface area (Å²) in [4.78, 5) is 27.0. The summed E-state index contributed by atoms with van der Waals surface area (Å²) in [6.45, 7) is 1.08. The minimum absolute atomic E-state index is 0.0300. The lowest BCUT2D eigenvalue weighted by molar-refractivity contribution is -0.130. The summed E-state index contributed by atoms with van der Waals surface area (Å²) in [6, 6.07) is 11.3. The number of rotatable bonds is 3. The van der Waals surface area contributed by atoms with Crippen molar-refractivity contribution < 1.29 is 18.4 Å². The fourth-order valence-corrected chi connectivity index (χ4v) is 4.20. The Kier molecular flexibility index (Phi) is 4.87. The number of nitrogens with zero attached hydrogens (tertiary/aromatic N) is 1. The molecule has 6 heteroatoms. The van der Waals surface area contributed by atoms with E-state index in [1.807, 2.05) is 24.3 Å². The topological polar surface area (TPSA) is 49.4 Å². The molecule has 2 amide bonds. The van der Waals surface area contributed by atoms with Crippen molar-refractivity contribution in [3.63, 3.8) is 0 Å². The van der Waals surface area contributed by atoms with Gasteiger partial charge in [0, 0.05) is 25.1 Å².